The van der Waals surface area contributed by atoms with Gasteiger partial charge in [-0.2, -0.15) is 0 Å². The van der Waals surface area contributed by atoms with Gasteiger partial charge in [0.15, 0.2) is 0 Å². The Kier molecular flexibility index (Phi) is 2.77. The number of aromatic nitrogens is 2. The number of imide groups is 1. The minimum atomic E-state index is -0.295. The molecule has 0 radical (unpaired) electrons. The third kappa shape index (κ3) is 2.38. The Morgan fingerprint density at radius 1 is 1.41 bits per heavy atom. The van der Waals surface area contributed by atoms with Crippen molar-refractivity contribution in [1.82, 2.24) is 14.9 Å². The monoisotopic (exact) mass is 235 g/mol. The molecule has 5 heteroatoms. The zero-order valence-electron chi connectivity index (χ0n) is 10.4. The van der Waals surface area contributed by atoms with Crippen molar-refractivity contribution in [2.75, 3.05) is 0 Å². The number of carbonyl (C=O) groups excluding carboxylic acids is 2. The summed E-state index contributed by atoms with van der Waals surface area (Å²) in [4.78, 5) is 27.0. The van der Waals surface area contributed by atoms with Crippen LogP contribution in [0.3, 0.4) is 0 Å². The molecular formula is C12H17N3O2. The van der Waals surface area contributed by atoms with E-state index in [0.29, 0.717) is 12.8 Å². The molecule has 1 aliphatic rings. The van der Waals surface area contributed by atoms with E-state index < -0.39 is 0 Å². The molecule has 2 rings (SSSR count). The number of nitrogens with zero attached hydrogens (tertiary/aromatic N) is 2. The maximum atomic E-state index is 11.7. The molecule has 1 aromatic rings. The van der Waals surface area contributed by atoms with Crippen LogP contribution in [0, 0.1) is 0 Å². The minimum Gasteiger partial charge on any atom is -0.332 e. The maximum absolute atomic E-state index is 11.7. The van der Waals surface area contributed by atoms with Crippen LogP contribution >= 0.6 is 0 Å². The Balaban J connectivity index is 2.21. The van der Waals surface area contributed by atoms with E-state index in [2.05, 4.69) is 31.1 Å². The molecule has 1 fully saturated rings. The van der Waals surface area contributed by atoms with Gasteiger partial charge in [-0.1, -0.05) is 0 Å². The largest absolute Gasteiger partial charge is 0.332 e. The molecule has 1 saturated heterocycles. The number of carbonyl (C=O) groups is 2. The van der Waals surface area contributed by atoms with Gasteiger partial charge in [-0.25, -0.2) is 4.98 Å². The van der Waals surface area contributed by atoms with Crippen molar-refractivity contribution in [2.45, 2.75) is 45.1 Å². The van der Waals surface area contributed by atoms with Crippen LogP contribution in [0.2, 0.25) is 0 Å². The zero-order valence-corrected chi connectivity index (χ0v) is 10.4. The van der Waals surface area contributed by atoms with E-state index in [1.54, 1.807) is 6.33 Å². The Hall–Kier alpha value is -1.65. The van der Waals surface area contributed by atoms with Crippen LogP contribution in [0.15, 0.2) is 12.5 Å². The molecule has 0 bridgehead atoms. The molecule has 0 saturated carbocycles. The Morgan fingerprint density at radius 3 is 2.65 bits per heavy atom. The summed E-state index contributed by atoms with van der Waals surface area (Å²) in [6.45, 7) is 6.22. The molecule has 2 heterocycles. The van der Waals surface area contributed by atoms with E-state index in [9.17, 15) is 9.59 Å². The zero-order chi connectivity index (χ0) is 12.6. The highest BCUT2D eigenvalue weighted by Crippen LogP contribution is 2.25. The summed E-state index contributed by atoms with van der Waals surface area (Å²) < 4.78 is 1.98. The fourth-order valence-corrected chi connectivity index (χ4v) is 1.86. The number of imidazole rings is 1. The molecule has 1 aliphatic heterocycles. The third-order valence-electron chi connectivity index (χ3n) is 2.97. The van der Waals surface area contributed by atoms with Crippen molar-refractivity contribution in [3.63, 3.8) is 0 Å². The lowest BCUT2D eigenvalue weighted by Crippen LogP contribution is -2.39. The topological polar surface area (TPSA) is 64.0 Å². The minimum absolute atomic E-state index is 0.0494. The molecule has 1 aromatic heterocycles. The number of amides is 2. The average molecular weight is 235 g/mol. The standard InChI is InChI=1S/C12H17N3O2/c1-12(2,3)15-6-9(13-7-15)8-4-5-10(16)14-11(8)17/h6-8H,4-5H2,1-3H3,(H,14,16,17). The first kappa shape index (κ1) is 11.8. The van der Waals surface area contributed by atoms with Gasteiger partial charge in [-0.3, -0.25) is 14.9 Å². The van der Waals surface area contributed by atoms with Gasteiger partial charge in [0.2, 0.25) is 11.8 Å². The maximum Gasteiger partial charge on any atom is 0.235 e. The first-order chi connectivity index (χ1) is 7.88. The molecule has 1 atom stereocenters. The lowest BCUT2D eigenvalue weighted by Gasteiger charge is -2.21. The highest BCUT2D eigenvalue weighted by molar-refractivity contribution is 6.00. The van der Waals surface area contributed by atoms with E-state index in [0.717, 1.165) is 5.69 Å². The summed E-state index contributed by atoms with van der Waals surface area (Å²) in [6.07, 6.45) is 4.56. The van der Waals surface area contributed by atoms with E-state index >= 15 is 0 Å². The van der Waals surface area contributed by atoms with Gasteiger partial charge in [0, 0.05) is 18.2 Å². The predicted octanol–water partition coefficient (Wildman–Crippen LogP) is 1.16. The summed E-state index contributed by atoms with van der Waals surface area (Å²) in [5, 5.41) is 2.35. The first-order valence-corrected chi connectivity index (χ1v) is 5.76. The average Bonchev–Trinajstić information content (AvgIpc) is 2.65. The molecule has 5 nitrogen and oxygen atoms in total. The molecule has 0 aromatic carbocycles. The fourth-order valence-electron chi connectivity index (χ4n) is 1.86. The van der Waals surface area contributed by atoms with Crippen LogP contribution in [0.25, 0.3) is 0 Å². The molecule has 0 spiro atoms. The highest BCUT2D eigenvalue weighted by atomic mass is 16.2. The Labute approximate surface area is 100 Å². The molecule has 0 aliphatic carbocycles. The molecule has 92 valence electrons. The molecule has 17 heavy (non-hydrogen) atoms. The second kappa shape index (κ2) is 3.98. The lowest BCUT2D eigenvalue weighted by molar-refractivity contribution is -0.134. The van der Waals surface area contributed by atoms with Gasteiger partial charge >= 0.3 is 0 Å². The first-order valence-electron chi connectivity index (χ1n) is 5.76. The normalized spacial score (nSPS) is 21.5. The summed E-state index contributed by atoms with van der Waals surface area (Å²) in [6, 6.07) is 0. The number of rotatable bonds is 1. The van der Waals surface area contributed by atoms with Gasteiger partial charge < -0.3 is 4.57 Å². The molecule has 1 N–H and O–H groups in total. The van der Waals surface area contributed by atoms with Crippen LogP contribution in [0.5, 0.6) is 0 Å². The van der Waals surface area contributed by atoms with Crippen LogP contribution in [-0.2, 0) is 15.1 Å². The number of nitrogens with one attached hydrogen (secondary N) is 1. The molecular weight excluding hydrogens is 218 g/mol. The molecule has 2 amide bonds. The summed E-state index contributed by atoms with van der Waals surface area (Å²) in [5.74, 6) is -0.724. The Bertz CT molecular complexity index is 457. The van der Waals surface area contributed by atoms with Gasteiger partial charge in [-0.15, -0.1) is 0 Å². The van der Waals surface area contributed by atoms with E-state index in [-0.39, 0.29) is 23.3 Å². The Morgan fingerprint density at radius 2 is 2.12 bits per heavy atom. The van der Waals surface area contributed by atoms with Crippen molar-refractivity contribution in [3.05, 3.63) is 18.2 Å². The van der Waals surface area contributed by atoms with Crippen LogP contribution < -0.4 is 5.32 Å². The third-order valence-corrected chi connectivity index (χ3v) is 2.97. The quantitative estimate of drug-likeness (QED) is 0.743. The van der Waals surface area contributed by atoms with Gasteiger partial charge in [-0.05, 0) is 27.2 Å². The fraction of sp³-hybridized carbons (Fsp3) is 0.583. The summed E-state index contributed by atoms with van der Waals surface area (Å²) in [5.41, 5.74) is 0.691. The van der Waals surface area contributed by atoms with Crippen molar-refractivity contribution in [2.24, 2.45) is 0 Å². The van der Waals surface area contributed by atoms with E-state index in [4.69, 9.17) is 0 Å². The second-order valence-corrected chi connectivity index (χ2v) is 5.38. The van der Waals surface area contributed by atoms with Gasteiger partial charge in [0.05, 0.1) is 17.9 Å². The SMILES string of the molecule is CC(C)(C)n1cnc(C2CCC(=O)NC2=O)c1. The smallest absolute Gasteiger partial charge is 0.235 e. The van der Waals surface area contributed by atoms with Crippen LogP contribution in [0.1, 0.15) is 45.2 Å². The highest BCUT2D eigenvalue weighted by Gasteiger charge is 2.30. The second-order valence-electron chi connectivity index (χ2n) is 5.38. The van der Waals surface area contributed by atoms with Crippen LogP contribution in [-0.4, -0.2) is 21.4 Å². The summed E-state index contributed by atoms with van der Waals surface area (Å²) in [7, 11) is 0. The number of piperidine rings is 1. The van der Waals surface area contributed by atoms with Gasteiger partial charge in [0.25, 0.3) is 0 Å². The summed E-state index contributed by atoms with van der Waals surface area (Å²) >= 11 is 0. The van der Waals surface area contributed by atoms with E-state index in [1.165, 1.54) is 0 Å². The number of hydrogen-bond acceptors (Lipinski definition) is 3. The van der Waals surface area contributed by atoms with Crippen molar-refractivity contribution < 1.29 is 9.59 Å². The van der Waals surface area contributed by atoms with Crippen molar-refractivity contribution in [3.8, 4) is 0 Å². The van der Waals surface area contributed by atoms with Crippen molar-refractivity contribution >= 4 is 11.8 Å². The van der Waals surface area contributed by atoms with Crippen LogP contribution in [0.4, 0.5) is 0 Å². The molecule has 1 unspecified atom stereocenters. The number of hydrogen-bond donors (Lipinski definition) is 1. The van der Waals surface area contributed by atoms with E-state index in [1.807, 2.05) is 10.8 Å². The lowest BCUT2D eigenvalue weighted by atomic mass is 9.95. The van der Waals surface area contributed by atoms with Crippen molar-refractivity contribution in [1.29, 1.82) is 0 Å². The predicted molar refractivity (Wildman–Crippen MR) is 62.3 cm³/mol. The van der Waals surface area contributed by atoms with Gasteiger partial charge in [0.1, 0.15) is 0 Å².